The maximum atomic E-state index is 12.0. The van der Waals surface area contributed by atoms with E-state index in [4.69, 9.17) is 5.26 Å². The Hall–Kier alpha value is -2.66. The van der Waals surface area contributed by atoms with Crippen LogP contribution in [-0.4, -0.2) is 15.5 Å². The monoisotopic (exact) mass is 318 g/mol. The third kappa shape index (κ3) is 3.32. The van der Waals surface area contributed by atoms with Crippen LogP contribution in [0.2, 0.25) is 0 Å². The second-order valence-corrected chi connectivity index (χ2v) is 5.93. The number of aryl methyl sites for hydroxylation is 2. The Bertz CT molecular complexity index is 869. The minimum Gasteiger partial charge on any atom is -0.317 e. The van der Waals surface area contributed by atoms with Gasteiger partial charge in [0.1, 0.15) is 11.1 Å². The van der Waals surface area contributed by atoms with Crippen LogP contribution in [0.25, 0.3) is 0 Å². The summed E-state index contributed by atoms with van der Waals surface area (Å²) >= 11 is 1.35. The molecule has 2 rings (SSSR count). The van der Waals surface area contributed by atoms with E-state index in [0.29, 0.717) is 10.6 Å². The molecule has 0 saturated heterocycles. The van der Waals surface area contributed by atoms with Gasteiger partial charge in [-0.25, -0.2) is 4.79 Å². The van der Waals surface area contributed by atoms with Crippen molar-refractivity contribution in [2.24, 2.45) is 0 Å². The second-order valence-electron chi connectivity index (χ2n) is 4.70. The Morgan fingerprint density at radius 1 is 1.45 bits per heavy atom. The molecule has 0 aliphatic carbocycles. The molecule has 2 aromatic heterocycles. The summed E-state index contributed by atoms with van der Waals surface area (Å²) < 4.78 is 1.25. The van der Waals surface area contributed by atoms with Crippen molar-refractivity contribution in [3.8, 4) is 6.07 Å². The predicted octanol–water partition coefficient (Wildman–Crippen LogP) is 1.12. The van der Waals surface area contributed by atoms with Gasteiger partial charge in [0.05, 0.1) is 5.56 Å². The summed E-state index contributed by atoms with van der Waals surface area (Å²) in [5.74, 6) is -0.296. The largest absolute Gasteiger partial charge is 0.328 e. The minimum absolute atomic E-state index is 0.0623. The third-order valence-corrected chi connectivity index (χ3v) is 4.35. The molecule has 114 valence electrons. The van der Waals surface area contributed by atoms with Gasteiger partial charge in [0.15, 0.2) is 0 Å². The summed E-state index contributed by atoms with van der Waals surface area (Å²) in [6.45, 7) is 3.86. The lowest BCUT2D eigenvalue weighted by atomic mass is 10.2. The first-order valence-corrected chi connectivity index (χ1v) is 7.33. The smallest absolute Gasteiger partial charge is 0.317 e. The standard InChI is InChI=1S/C14H14N4O3S/c1-8-9(2)22-13(10(8)7-15)16-11(19)3-5-18-6-4-12(20)17-14(18)21/h4,6H,3,5H2,1-2H3,(H,16,19)(H,17,20,21). The van der Waals surface area contributed by atoms with Gasteiger partial charge in [0, 0.05) is 30.1 Å². The van der Waals surface area contributed by atoms with Gasteiger partial charge in [-0.2, -0.15) is 5.26 Å². The highest BCUT2D eigenvalue weighted by Crippen LogP contribution is 2.31. The molecule has 0 bridgehead atoms. The van der Waals surface area contributed by atoms with E-state index in [1.165, 1.54) is 28.2 Å². The Morgan fingerprint density at radius 2 is 2.18 bits per heavy atom. The molecule has 1 amide bonds. The number of H-pyrrole nitrogens is 1. The first kappa shape index (κ1) is 15.7. The molecule has 8 heteroatoms. The van der Waals surface area contributed by atoms with Crippen molar-refractivity contribution >= 4 is 22.2 Å². The molecule has 0 atom stereocenters. The number of carbonyl (C=O) groups excluding carboxylic acids is 1. The van der Waals surface area contributed by atoms with Crippen molar-refractivity contribution in [3.05, 3.63) is 49.1 Å². The van der Waals surface area contributed by atoms with Crippen LogP contribution in [0.3, 0.4) is 0 Å². The summed E-state index contributed by atoms with van der Waals surface area (Å²) in [4.78, 5) is 37.5. The average molecular weight is 318 g/mol. The van der Waals surface area contributed by atoms with E-state index >= 15 is 0 Å². The Balaban J connectivity index is 2.05. The fraction of sp³-hybridized carbons (Fsp3) is 0.286. The van der Waals surface area contributed by atoms with Gasteiger partial charge in [-0.3, -0.25) is 14.6 Å². The lowest BCUT2D eigenvalue weighted by Gasteiger charge is -2.05. The Kier molecular flexibility index (Phi) is 4.58. The molecule has 0 radical (unpaired) electrons. The molecule has 7 nitrogen and oxygen atoms in total. The number of aromatic nitrogens is 2. The maximum absolute atomic E-state index is 12.0. The Labute approximate surface area is 129 Å². The number of nitrogens with zero attached hydrogens (tertiary/aromatic N) is 2. The number of amides is 1. The van der Waals surface area contributed by atoms with Crippen molar-refractivity contribution in [3.63, 3.8) is 0 Å². The van der Waals surface area contributed by atoms with Gasteiger partial charge in [0.25, 0.3) is 5.56 Å². The molecule has 0 unspecified atom stereocenters. The van der Waals surface area contributed by atoms with E-state index in [9.17, 15) is 14.4 Å². The van der Waals surface area contributed by atoms with Crippen molar-refractivity contribution in [1.82, 2.24) is 9.55 Å². The number of nitriles is 1. The number of hydrogen-bond donors (Lipinski definition) is 2. The number of thiophene rings is 1. The molecule has 2 N–H and O–H groups in total. The van der Waals surface area contributed by atoms with E-state index < -0.39 is 11.2 Å². The van der Waals surface area contributed by atoms with Crippen LogP contribution in [0, 0.1) is 25.2 Å². The van der Waals surface area contributed by atoms with Crippen molar-refractivity contribution < 1.29 is 4.79 Å². The molecule has 0 aliphatic heterocycles. The van der Waals surface area contributed by atoms with Gasteiger partial charge in [-0.05, 0) is 19.4 Å². The lowest BCUT2D eigenvalue weighted by Crippen LogP contribution is -2.29. The van der Waals surface area contributed by atoms with E-state index in [0.717, 1.165) is 10.4 Å². The molecule has 2 heterocycles. The van der Waals surface area contributed by atoms with Gasteiger partial charge in [0.2, 0.25) is 5.91 Å². The molecular weight excluding hydrogens is 304 g/mol. The lowest BCUT2D eigenvalue weighted by molar-refractivity contribution is -0.116. The molecule has 22 heavy (non-hydrogen) atoms. The van der Waals surface area contributed by atoms with E-state index in [-0.39, 0.29) is 18.9 Å². The molecule has 0 saturated carbocycles. The summed E-state index contributed by atoms with van der Waals surface area (Å²) in [5, 5.41) is 12.3. The van der Waals surface area contributed by atoms with Gasteiger partial charge in [-0.15, -0.1) is 11.3 Å². The summed E-state index contributed by atoms with van der Waals surface area (Å²) in [6, 6.07) is 3.30. The Morgan fingerprint density at radius 3 is 2.82 bits per heavy atom. The zero-order valence-corrected chi connectivity index (χ0v) is 12.9. The van der Waals surface area contributed by atoms with Crippen molar-refractivity contribution in [2.75, 3.05) is 5.32 Å². The third-order valence-electron chi connectivity index (χ3n) is 3.23. The first-order valence-electron chi connectivity index (χ1n) is 6.52. The zero-order chi connectivity index (χ0) is 16.3. The number of aromatic amines is 1. The number of anilines is 1. The molecular formula is C14H14N4O3S. The van der Waals surface area contributed by atoms with Crippen LogP contribution in [0.5, 0.6) is 0 Å². The van der Waals surface area contributed by atoms with Crippen LogP contribution < -0.4 is 16.6 Å². The van der Waals surface area contributed by atoms with Crippen LogP contribution in [0.15, 0.2) is 21.9 Å². The van der Waals surface area contributed by atoms with Gasteiger partial charge >= 0.3 is 5.69 Å². The van der Waals surface area contributed by atoms with Crippen molar-refractivity contribution in [1.29, 1.82) is 5.26 Å². The molecule has 2 aromatic rings. The number of nitrogens with one attached hydrogen (secondary N) is 2. The SMILES string of the molecule is Cc1sc(NC(=O)CCn2ccc(=O)[nH]c2=O)c(C#N)c1C. The highest BCUT2D eigenvalue weighted by atomic mass is 32.1. The summed E-state index contributed by atoms with van der Waals surface area (Å²) in [5.41, 5.74) is 0.298. The van der Waals surface area contributed by atoms with Crippen LogP contribution >= 0.6 is 11.3 Å². The van der Waals surface area contributed by atoms with Crippen LogP contribution in [0.4, 0.5) is 5.00 Å². The predicted molar refractivity (Wildman–Crippen MR) is 83.1 cm³/mol. The number of rotatable bonds is 4. The molecule has 0 spiro atoms. The second kappa shape index (κ2) is 6.41. The van der Waals surface area contributed by atoms with Crippen LogP contribution in [0.1, 0.15) is 22.4 Å². The van der Waals surface area contributed by atoms with Crippen LogP contribution in [-0.2, 0) is 11.3 Å². The number of hydrogen-bond acceptors (Lipinski definition) is 5. The summed E-state index contributed by atoms with van der Waals surface area (Å²) in [7, 11) is 0. The number of carbonyl (C=O) groups is 1. The molecule has 0 aromatic carbocycles. The van der Waals surface area contributed by atoms with E-state index in [2.05, 4.69) is 16.4 Å². The average Bonchev–Trinajstić information content (AvgIpc) is 2.72. The van der Waals surface area contributed by atoms with Gasteiger partial charge < -0.3 is 9.88 Å². The minimum atomic E-state index is -0.555. The molecule has 0 fully saturated rings. The quantitative estimate of drug-likeness (QED) is 0.880. The first-order chi connectivity index (χ1) is 10.4. The highest BCUT2D eigenvalue weighted by Gasteiger charge is 2.14. The van der Waals surface area contributed by atoms with E-state index in [1.807, 2.05) is 13.8 Å². The van der Waals surface area contributed by atoms with E-state index in [1.54, 1.807) is 0 Å². The highest BCUT2D eigenvalue weighted by molar-refractivity contribution is 7.16. The topological polar surface area (TPSA) is 108 Å². The fourth-order valence-corrected chi connectivity index (χ4v) is 2.91. The van der Waals surface area contributed by atoms with Gasteiger partial charge in [-0.1, -0.05) is 0 Å². The van der Waals surface area contributed by atoms with Crippen molar-refractivity contribution in [2.45, 2.75) is 26.8 Å². The summed E-state index contributed by atoms with van der Waals surface area (Å²) in [6.07, 6.45) is 1.40. The molecule has 0 aliphatic rings. The zero-order valence-electron chi connectivity index (χ0n) is 12.1. The fourth-order valence-electron chi connectivity index (χ4n) is 1.88. The normalized spacial score (nSPS) is 10.2. The maximum Gasteiger partial charge on any atom is 0.328 e.